The summed E-state index contributed by atoms with van der Waals surface area (Å²) in [5.74, 6) is -1.10. The molecule has 0 aliphatic heterocycles. The topological polar surface area (TPSA) is 26.0 Å². The normalized spacial score (nSPS) is 13.0. The van der Waals surface area contributed by atoms with Gasteiger partial charge in [-0.15, -0.1) is 22.7 Å². The van der Waals surface area contributed by atoms with E-state index in [1.54, 1.807) is 22.7 Å². The summed E-state index contributed by atoms with van der Waals surface area (Å²) in [5, 5.41) is 2.04. The van der Waals surface area contributed by atoms with Crippen molar-refractivity contribution >= 4 is 32.1 Å². The van der Waals surface area contributed by atoms with Gasteiger partial charge in [0.2, 0.25) is 0 Å². The van der Waals surface area contributed by atoms with Crippen molar-refractivity contribution in [2.75, 3.05) is 0 Å². The molecule has 5 heteroatoms. The van der Waals surface area contributed by atoms with Crippen molar-refractivity contribution < 1.29 is 8.78 Å². The molecule has 2 heterocycles. The van der Waals surface area contributed by atoms with Crippen LogP contribution in [0.3, 0.4) is 0 Å². The van der Waals surface area contributed by atoms with Gasteiger partial charge in [0.15, 0.2) is 0 Å². The minimum Gasteiger partial charge on any atom is -0.323 e. The van der Waals surface area contributed by atoms with E-state index < -0.39 is 11.6 Å². The second-order valence-corrected chi connectivity index (χ2v) is 6.41. The summed E-state index contributed by atoms with van der Waals surface area (Å²) in [6.45, 7) is 0. The van der Waals surface area contributed by atoms with Crippen molar-refractivity contribution in [1.82, 2.24) is 0 Å². The number of benzene rings is 1. The molecule has 0 saturated heterocycles. The van der Waals surface area contributed by atoms with Gasteiger partial charge in [-0.05, 0) is 35.6 Å². The largest absolute Gasteiger partial charge is 0.323 e. The van der Waals surface area contributed by atoms with E-state index in [2.05, 4.69) is 12.1 Å². The van der Waals surface area contributed by atoms with Crippen molar-refractivity contribution in [1.29, 1.82) is 0 Å². The molecule has 0 amide bonds. The number of fused-ring (bicyclic) bond motifs is 1. The first-order valence-corrected chi connectivity index (χ1v) is 7.49. The molecule has 1 unspecified atom stereocenters. The Kier molecular flexibility index (Phi) is 3.35. The second kappa shape index (κ2) is 5.00. The zero-order chi connectivity index (χ0) is 13.4. The van der Waals surface area contributed by atoms with E-state index in [4.69, 9.17) is 5.73 Å². The molecule has 19 heavy (non-hydrogen) atoms. The number of rotatable bonds is 3. The minimum absolute atomic E-state index is 0.260. The fourth-order valence-corrected chi connectivity index (χ4v) is 4.11. The molecule has 0 radical (unpaired) electrons. The lowest BCUT2D eigenvalue weighted by Crippen LogP contribution is -2.12. The highest BCUT2D eigenvalue weighted by molar-refractivity contribution is 7.26. The number of thiophene rings is 2. The standard InChI is InChI=1S/C14H11F2NS2/c15-9-2-1-8(10(16)6-9)5-11(17)13-7-14-12(19-13)3-4-18-14/h1-4,6-7,11H,5,17H2. The lowest BCUT2D eigenvalue weighted by Gasteiger charge is -2.10. The van der Waals surface area contributed by atoms with Crippen LogP contribution in [-0.2, 0) is 6.42 Å². The number of halogens is 2. The van der Waals surface area contributed by atoms with E-state index >= 15 is 0 Å². The summed E-state index contributed by atoms with van der Waals surface area (Å²) < 4.78 is 28.8. The van der Waals surface area contributed by atoms with Gasteiger partial charge >= 0.3 is 0 Å². The zero-order valence-electron chi connectivity index (χ0n) is 9.90. The first-order valence-electron chi connectivity index (χ1n) is 5.80. The molecule has 0 aliphatic rings. The van der Waals surface area contributed by atoms with Gasteiger partial charge in [-0.3, -0.25) is 0 Å². The molecule has 2 aromatic heterocycles. The lowest BCUT2D eigenvalue weighted by atomic mass is 10.0. The highest BCUT2D eigenvalue weighted by atomic mass is 32.1. The summed E-state index contributed by atoms with van der Waals surface area (Å²) >= 11 is 3.30. The van der Waals surface area contributed by atoms with Crippen molar-refractivity contribution in [3.05, 3.63) is 57.8 Å². The van der Waals surface area contributed by atoms with E-state index in [0.29, 0.717) is 12.0 Å². The van der Waals surface area contributed by atoms with Gasteiger partial charge in [0.1, 0.15) is 11.6 Å². The van der Waals surface area contributed by atoms with Crippen LogP contribution in [0.15, 0.2) is 35.7 Å². The summed E-state index contributed by atoms with van der Waals surface area (Å²) in [5.41, 5.74) is 6.56. The highest BCUT2D eigenvalue weighted by Crippen LogP contribution is 2.33. The van der Waals surface area contributed by atoms with Crippen LogP contribution in [0.2, 0.25) is 0 Å². The maximum atomic E-state index is 13.6. The predicted octanol–water partition coefficient (Wildman–Crippen LogP) is 4.48. The Labute approximate surface area is 117 Å². The summed E-state index contributed by atoms with van der Waals surface area (Å²) in [6.07, 6.45) is 0.375. The van der Waals surface area contributed by atoms with E-state index in [0.717, 1.165) is 10.9 Å². The zero-order valence-corrected chi connectivity index (χ0v) is 11.5. The fourth-order valence-electron chi connectivity index (χ4n) is 1.99. The van der Waals surface area contributed by atoms with Crippen LogP contribution < -0.4 is 5.73 Å². The van der Waals surface area contributed by atoms with Crippen LogP contribution in [-0.4, -0.2) is 0 Å². The van der Waals surface area contributed by atoms with Crippen LogP contribution in [0.5, 0.6) is 0 Å². The Hall–Kier alpha value is -1.30. The van der Waals surface area contributed by atoms with Gasteiger partial charge in [0.05, 0.1) is 0 Å². The Balaban J connectivity index is 1.84. The first-order chi connectivity index (χ1) is 9.13. The number of hydrogen-bond acceptors (Lipinski definition) is 3. The monoisotopic (exact) mass is 295 g/mol. The van der Waals surface area contributed by atoms with Gasteiger partial charge in [-0.25, -0.2) is 8.78 Å². The van der Waals surface area contributed by atoms with E-state index in [-0.39, 0.29) is 6.04 Å². The molecular weight excluding hydrogens is 284 g/mol. The van der Waals surface area contributed by atoms with E-state index in [1.165, 1.54) is 21.5 Å². The average molecular weight is 295 g/mol. The predicted molar refractivity (Wildman–Crippen MR) is 76.7 cm³/mol. The Morgan fingerprint density at radius 1 is 1.11 bits per heavy atom. The van der Waals surface area contributed by atoms with Crippen LogP contribution >= 0.6 is 22.7 Å². The summed E-state index contributed by atoms with van der Waals surface area (Å²) in [7, 11) is 0. The molecule has 0 fully saturated rings. The Bertz CT molecular complexity index is 689. The third-order valence-electron chi connectivity index (χ3n) is 2.98. The van der Waals surface area contributed by atoms with Gasteiger partial charge in [0, 0.05) is 26.4 Å². The third-order valence-corrected chi connectivity index (χ3v) is 5.20. The molecule has 1 nitrogen and oxygen atoms in total. The molecule has 0 bridgehead atoms. The third kappa shape index (κ3) is 2.54. The molecule has 1 aromatic carbocycles. The van der Waals surface area contributed by atoms with Gasteiger partial charge in [-0.1, -0.05) is 6.07 Å². The first kappa shape index (κ1) is 12.7. The summed E-state index contributed by atoms with van der Waals surface area (Å²) in [6, 6.07) is 7.47. The molecule has 2 N–H and O–H groups in total. The van der Waals surface area contributed by atoms with Crippen molar-refractivity contribution in [3.8, 4) is 0 Å². The van der Waals surface area contributed by atoms with Crippen molar-refractivity contribution in [2.45, 2.75) is 12.5 Å². The molecule has 0 spiro atoms. The van der Waals surface area contributed by atoms with Crippen molar-refractivity contribution in [3.63, 3.8) is 0 Å². The molecule has 3 aromatic rings. The van der Waals surface area contributed by atoms with Crippen LogP contribution in [0.25, 0.3) is 9.40 Å². The fraction of sp³-hybridized carbons (Fsp3) is 0.143. The quantitative estimate of drug-likeness (QED) is 0.757. The van der Waals surface area contributed by atoms with Crippen LogP contribution in [0.4, 0.5) is 8.78 Å². The van der Waals surface area contributed by atoms with Crippen molar-refractivity contribution in [2.24, 2.45) is 5.73 Å². The van der Waals surface area contributed by atoms with Crippen LogP contribution in [0.1, 0.15) is 16.5 Å². The molecule has 0 saturated carbocycles. The highest BCUT2D eigenvalue weighted by Gasteiger charge is 2.14. The molecular formula is C14H11F2NS2. The van der Waals surface area contributed by atoms with Gasteiger partial charge in [-0.2, -0.15) is 0 Å². The average Bonchev–Trinajstić information content (AvgIpc) is 2.93. The van der Waals surface area contributed by atoms with E-state index in [9.17, 15) is 8.78 Å². The Morgan fingerprint density at radius 2 is 1.95 bits per heavy atom. The molecule has 1 atom stereocenters. The summed E-state index contributed by atoms with van der Waals surface area (Å²) in [4.78, 5) is 1.03. The minimum atomic E-state index is -0.563. The van der Waals surface area contributed by atoms with Gasteiger partial charge < -0.3 is 5.73 Å². The Morgan fingerprint density at radius 3 is 2.68 bits per heavy atom. The second-order valence-electron chi connectivity index (χ2n) is 4.34. The number of nitrogens with two attached hydrogens (primary N) is 1. The van der Waals surface area contributed by atoms with E-state index in [1.807, 2.05) is 5.38 Å². The molecule has 3 rings (SSSR count). The lowest BCUT2D eigenvalue weighted by molar-refractivity contribution is 0.564. The molecule has 0 aliphatic carbocycles. The number of hydrogen-bond donors (Lipinski definition) is 1. The smallest absolute Gasteiger partial charge is 0.129 e. The van der Waals surface area contributed by atoms with Gasteiger partial charge in [0.25, 0.3) is 0 Å². The maximum Gasteiger partial charge on any atom is 0.129 e. The maximum absolute atomic E-state index is 13.6. The molecule has 98 valence electrons. The van der Waals surface area contributed by atoms with Crippen LogP contribution in [0, 0.1) is 11.6 Å². The SMILES string of the molecule is NC(Cc1ccc(F)cc1F)c1cc2sccc2s1.